The number of β-amino-alcohol motifs (C(OH)–C–C–N with tert-alkyl or cyclic N) is 1. The molecular weight excluding hydrogens is 270 g/mol. The Bertz CT molecular complexity index is 410. The van der Waals surface area contributed by atoms with Gasteiger partial charge >= 0.3 is 0 Å². The molecule has 1 aliphatic rings. The van der Waals surface area contributed by atoms with Gasteiger partial charge in [-0.1, -0.05) is 12.5 Å². The Morgan fingerprint density at radius 1 is 1.10 bits per heavy atom. The van der Waals surface area contributed by atoms with E-state index in [2.05, 4.69) is 4.90 Å². The van der Waals surface area contributed by atoms with E-state index in [9.17, 15) is 5.11 Å². The summed E-state index contributed by atoms with van der Waals surface area (Å²) in [7, 11) is 3.18. The predicted octanol–water partition coefficient (Wildman–Crippen LogP) is 1.93. The van der Waals surface area contributed by atoms with Crippen LogP contribution in [0, 0.1) is 0 Å². The van der Waals surface area contributed by atoms with E-state index in [0.29, 0.717) is 23.8 Å². The van der Waals surface area contributed by atoms with E-state index in [0.717, 1.165) is 13.1 Å². The fourth-order valence-corrected chi connectivity index (χ4v) is 2.63. The first-order chi connectivity index (χ1) is 10.2. The SMILES string of the molecule is COc1cccc(OC)c1OCC(O)CN1CCCCC1. The largest absolute Gasteiger partial charge is 0.493 e. The summed E-state index contributed by atoms with van der Waals surface area (Å²) in [5, 5.41) is 10.1. The van der Waals surface area contributed by atoms with Crippen molar-refractivity contribution in [1.82, 2.24) is 4.90 Å². The molecular formula is C16H25NO4. The number of ether oxygens (including phenoxy) is 3. The highest BCUT2D eigenvalue weighted by atomic mass is 16.5. The summed E-state index contributed by atoms with van der Waals surface area (Å²) >= 11 is 0. The first-order valence-corrected chi connectivity index (χ1v) is 7.48. The van der Waals surface area contributed by atoms with Gasteiger partial charge in [-0.3, -0.25) is 0 Å². The number of nitrogens with zero attached hydrogens (tertiary/aromatic N) is 1. The Balaban J connectivity index is 1.89. The van der Waals surface area contributed by atoms with E-state index >= 15 is 0 Å². The minimum absolute atomic E-state index is 0.229. The Labute approximate surface area is 126 Å². The molecule has 5 nitrogen and oxygen atoms in total. The Morgan fingerprint density at radius 3 is 2.29 bits per heavy atom. The smallest absolute Gasteiger partial charge is 0.203 e. The first-order valence-electron chi connectivity index (χ1n) is 7.48. The zero-order valence-electron chi connectivity index (χ0n) is 12.9. The second kappa shape index (κ2) is 8.10. The molecule has 0 radical (unpaired) electrons. The number of piperidine rings is 1. The molecule has 5 heteroatoms. The average Bonchev–Trinajstić information content (AvgIpc) is 2.53. The summed E-state index contributed by atoms with van der Waals surface area (Å²) < 4.78 is 16.3. The van der Waals surface area contributed by atoms with Crippen LogP contribution in [0.3, 0.4) is 0 Å². The van der Waals surface area contributed by atoms with E-state index in [-0.39, 0.29) is 6.61 Å². The number of hydrogen-bond acceptors (Lipinski definition) is 5. The molecule has 1 aliphatic heterocycles. The number of rotatable bonds is 7. The average molecular weight is 295 g/mol. The minimum atomic E-state index is -0.516. The number of likely N-dealkylation sites (tertiary alicyclic amines) is 1. The van der Waals surface area contributed by atoms with Crippen LogP contribution < -0.4 is 14.2 Å². The zero-order valence-corrected chi connectivity index (χ0v) is 12.9. The topological polar surface area (TPSA) is 51.2 Å². The van der Waals surface area contributed by atoms with Gasteiger partial charge in [-0.05, 0) is 38.1 Å². The molecule has 0 spiro atoms. The lowest BCUT2D eigenvalue weighted by molar-refractivity contribution is 0.0599. The lowest BCUT2D eigenvalue weighted by Gasteiger charge is -2.28. The fourth-order valence-electron chi connectivity index (χ4n) is 2.63. The standard InChI is InChI=1S/C16H25NO4/c1-19-14-7-6-8-15(20-2)16(14)21-12-13(18)11-17-9-4-3-5-10-17/h6-8,13,18H,3-5,9-12H2,1-2H3. The van der Waals surface area contributed by atoms with Crippen molar-refractivity contribution in [3.05, 3.63) is 18.2 Å². The van der Waals surface area contributed by atoms with E-state index in [1.807, 2.05) is 18.2 Å². The molecule has 1 heterocycles. The lowest BCUT2D eigenvalue weighted by Crippen LogP contribution is -2.38. The van der Waals surface area contributed by atoms with Crippen LogP contribution in [0.1, 0.15) is 19.3 Å². The Hall–Kier alpha value is -1.46. The van der Waals surface area contributed by atoms with Gasteiger partial charge in [0.2, 0.25) is 5.75 Å². The fraction of sp³-hybridized carbons (Fsp3) is 0.625. The second-order valence-electron chi connectivity index (χ2n) is 5.32. The maximum atomic E-state index is 10.1. The van der Waals surface area contributed by atoms with Crippen LogP contribution in [-0.4, -0.2) is 56.6 Å². The molecule has 2 rings (SSSR count). The van der Waals surface area contributed by atoms with Gasteiger partial charge in [0.05, 0.1) is 14.2 Å². The van der Waals surface area contributed by atoms with Crippen molar-refractivity contribution in [2.75, 3.05) is 40.5 Å². The molecule has 0 amide bonds. The van der Waals surface area contributed by atoms with Crippen LogP contribution in [0.5, 0.6) is 17.2 Å². The summed E-state index contributed by atoms with van der Waals surface area (Å²) in [6, 6.07) is 5.47. The van der Waals surface area contributed by atoms with E-state index in [1.165, 1.54) is 19.3 Å². The quantitative estimate of drug-likeness (QED) is 0.833. The molecule has 0 aromatic heterocycles. The maximum absolute atomic E-state index is 10.1. The maximum Gasteiger partial charge on any atom is 0.203 e. The van der Waals surface area contributed by atoms with Crippen LogP contribution in [0.4, 0.5) is 0 Å². The van der Waals surface area contributed by atoms with Crippen molar-refractivity contribution >= 4 is 0 Å². The monoisotopic (exact) mass is 295 g/mol. The number of aliphatic hydroxyl groups is 1. The summed E-state index contributed by atoms with van der Waals surface area (Å²) in [6.07, 6.45) is 3.21. The van der Waals surface area contributed by atoms with Crippen molar-refractivity contribution < 1.29 is 19.3 Å². The normalized spacial score (nSPS) is 17.3. The molecule has 1 N–H and O–H groups in total. The number of hydrogen-bond donors (Lipinski definition) is 1. The van der Waals surface area contributed by atoms with Gasteiger partial charge in [-0.25, -0.2) is 0 Å². The van der Waals surface area contributed by atoms with Gasteiger partial charge in [0.15, 0.2) is 11.5 Å². The van der Waals surface area contributed by atoms with Crippen LogP contribution in [-0.2, 0) is 0 Å². The molecule has 0 saturated carbocycles. The zero-order chi connectivity index (χ0) is 15.1. The number of methoxy groups -OCH3 is 2. The molecule has 0 bridgehead atoms. The van der Waals surface area contributed by atoms with Crippen molar-refractivity contribution in [2.24, 2.45) is 0 Å². The van der Waals surface area contributed by atoms with E-state index in [1.54, 1.807) is 14.2 Å². The number of para-hydroxylation sites is 1. The second-order valence-corrected chi connectivity index (χ2v) is 5.32. The van der Waals surface area contributed by atoms with Gasteiger partial charge < -0.3 is 24.2 Å². The molecule has 1 fully saturated rings. The van der Waals surface area contributed by atoms with Crippen LogP contribution in [0.15, 0.2) is 18.2 Å². The molecule has 1 aromatic rings. The Kier molecular flexibility index (Phi) is 6.14. The van der Waals surface area contributed by atoms with Crippen molar-refractivity contribution in [1.29, 1.82) is 0 Å². The summed E-state index contributed by atoms with van der Waals surface area (Å²) in [5.74, 6) is 1.76. The third-order valence-electron chi connectivity index (χ3n) is 3.72. The Morgan fingerprint density at radius 2 is 1.71 bits per heavy atom. The highest BCUT2D eigenvalue weighted by molar-refractivity contribution is 5.51. The molecule has 1 aromatic carbocycles. The van der Waals surface area contributed by atoms with Gasteiger partial charge in [-0.2, -0.15) is 0 Å². The molecule has 1 atom stereocenters. The molecule has 118 valence electrons. The number of aliphatic hydroxyl groups excluding tert-OH is 1. The van der Waals surface area contributed by atoms with Gasteiger partial charge in [0, 0.05) is 6.54 Å². The van der Waals surface area contributed by atoms with Crippen LogP contribution in [0.25, 0.3) is 0 Å². The third-order valence-corrected chi connectivity index (χ3v) is 3.72. The first kappa shape index (κ1) is 15.9. The molecule has 0 aliphatic carbocycles. The van der Waals surface area contributed by atoms with Gasteiger partial charge in [0.25, 0.3) is 0 Å². The molecule has 1 saturated heterocycles. The molecule has 21 heavy (non-hydrogen) atoms. The highest BCUT2D eigenvalue weighted by Gasteiger charge is 2.17. The predicted molar refractivity (Wildman–Crippen MR) is 81.3 cm³/mol. The third kappa shape index (κ3) is 4.51. The van der Waals surface area contributed by atoms with Crippen molar-refractivity contribution in [3.63, 3.8) is 0 Å². The summed E-state index contributed by atoms with van der Waals surface area (Å²) in [5.41, 5.74) is 0. The van der Waals surface area contributed by atoms with Gasteiger partial charge in [-0.15, -0.1) is 0 Å². The van der Waals surface area contributed by atoms with E-state index < -0.39 is 6.10 Å². The van der Waals surface area contributed by atoms with Crippen LogP contribution in [0.2, 0.25) is 0 Å². The lowest BCUT2D eigenvalue weighted by atomic mass is 10.1. The van der Waals surface area contributed by atoms with Gasteiger partial charge in [0.1, 0.15) is 12.7 Å². The summed E-state index contributed by atoms with van der Waals surface area (Å²) in [6.45, 7) is 3.01. The van der Waals surface area contributed by atoms with Crippen molar-refractivity contribution in [2.45, 2.75) is 25.4 Å². The van der Waals surface area contributed by atoms with E-state index in [4.69, 9.17) is 14.2 Å². The highest BCUT2D eigenvalue weighted by Crippen LogP contribution is 2.36. The number of benzene rings is 1. The molecule has 1 unspecified atom stereocenters. The summed E-state index contributed by atoms with van der Waals surface area (Å²) in [4.78, 5) is 2.29. The minimum Gasteiger partial charge on any atom is -0.493 e. The van der Waals surface area contributed by atoms with Crippen LogP contribution >= 0.6 is 0 Å². The van der Waals surface area contributed by atoms with Crippen molar-refractivity contribution in [3.8, 4) is 17.2 Å².